The molecular formula is C23H25N5O2. The van der Waals surface area contributed by atoms with Crippen LogP contribution in [0.4, 0.5) is 11.6 Å². The molecule has 1 amide bonds. The summed E-state index contributed by atoms with van der Waals surface area (Å²) in [6.45, 7) is 4.60. The number of hydrogen-bond donors (Lipinski definition) is 1. The molecule has 1 N–H and O–H groups in total. The molecule has 3 aromatic rings. The second-order valence-corrected chi connectivity index (χ2v) is 7.19. The number of carbonyl (C=O) groups excluding carboxylic acids is 1. The fourth-order valence-electron chi connectivity index (χ4n) is 3.46. The molecule has 4 rings (SSSR count). The molecule has 0 atom stereocenters. The van der Waals surface area contributed by atoms with Gasteiger partial charge in [-0.25, -0.2) is 9.97 Å². The summed E-state index contributed by atoms with van der Waals surface area (Å²) < 4.78 is 5.14. The number of hydrogen-bond acceptors (Lipinski definition) is 6. The predicted octanol–water partition coefficient (Wildman–Crippen LogP) is 3.06. The van der Waals surface area contributed by atoms with Crippen molar-refractivity contribution in [1.29, 1.82) is 0 Å². The zero-order valence-electron chi connectivity index (χ0n) is 17.0. The van der Waals surface area contributed by atoms with Gasteiger partial charge in [-0.3, -0.25) is 9.69 Å². The summed E-state index contributed by atoms with van der Waals surface area (Å²) in [6, 6.07) is 16.9. The number of benzene rings is 2. The van der Waals surface area contributed by atoms with Crippen LogP contribution >= 0.6 is 0 Å². The Kier molecular flexibility index (Phi) is 6.20. The molecule has 2 heterocycles. The minimum Gasteiger partial charge on any atom is -0.497 e. The zero-order valence-corrected chi connectivity index (χ0v) is 17.0. The Balaban J connectivity index is 1.29. The minimum absolute atomic E-state index is 0.122. The summed E-state index contributed by atoms with van der Waals surface area (Å²) in [7, 11) is 1.62. The minimum atomic E-state index is -0.122. The molecule has 30 heavy (non-hydrogen) atoms. The van der Waals surface area contributed by atoms with Gasteiger partial charge < -0.3 is 15.0 Å². The van der Waals surface area contributed by atoms with Crippen LogP contribution in [-0.4, -0.2) is 54.1 Å². The smallest absolute Gasteiger partial charge is 0.255 e. The molecule has 2 aromatic carbocycles. The van der Waals surface area contributed by atoms with Crippen LogP contribution in [0.1, 0.15) is 15.9 Å². The molecule has 7 nitrogen and oxygen atoms in total. The van der Waals surface area contributed by atoms with Crippen molar-refractivity contribution in [2.75, 3.05) is 43.5 Å². The van der Waals surface area contributed by atoms with Gasteiger partial charge in [0.15, 0.2) is 0 Å². The van der Waals surface area contributed by atoms with Gasteiger partial charge in [0.1, 0.15) is 5.75 Å². The summed E-state index contributed by atoms with van der Waals surface area (Å²) in [4.78, 5) is 25.7. The summed E-state index contributed by atoms with van der Waals surface area (Å²) in [5.41, 5.74) is 2.58. The number of ether oxygens (including phenoxy) is 1. The topological polar surface area (TPSA) is 70.6 Å². The molecule has 0 aliphatic carbocycles. The Labute approximate surface area is 176 Å². The first-order valence-corrected chi connectivity index (χ1v) is 10.00. The maximum Gasteiger partial charge on any atom is 0.255 e. The summed E-state index contributed by atoms with van der Waals surface area (Å²) in [6.07, 6.45) is 3.56. The van der Waals surface area contributed by atoms with E-state index in [9.17, 15) is 4.79 Å². The van der Waals surface area contributed by atoms with Crippen molar-refractivity contribution in [2.24, 2.45) is 0 Å². The Morgan fingerprint density at radius 3 is 2.27 bits per heavy atom. The predicted molar refractivity (Wildman–Crippen MR) is 117 cm³/mol. The molecule has 0 radical (unpaired) electrons. The van der Waals surface area contributed by atoms with Crippen LogP contribution in [-0.2, 0) is 6.54 Å². The van der Waals surface area contributed by atoms with Crippen molar-refractivity contribution in [2.45, 2.75) is 6.54 Å². The SMILES string of the molecule is COc1ccc(NC(=O)c2ccc(CN3CCN(c4ncccn4)CC3)cc2)cc1. The van der Waals surface area contributed by atoms with E-state index in [1.54, 1.807) is 19.5 Å². The van der Waals surface area contributed by atoms with E-state index in [0.29, 0.717) is 5.56 Å². The molecule has 0 spiro atoms. The highest BCUT2D eigenvalue weighted by Crippen LogP contribution is 2.17. The summed E-state index contributed by atoms with van der Waals surface area (Å²) in [5, 5.41) is 2.91. The number of carbonyl (C=O) groups is 1. The highest BCUT2D eigenvalue weighted by Gasteiger charge is 2.18. The van der Waals surface area contributed by atoms with Gasteiger partial charge in [-0.2, -0.15) is 0 Å². The third-order valence-corrected chi connectivity index (χ3v) is 5.18. The second-order valence-electron chi connectivity index (χ2n) is 7.19. The first-order chi connectivity index (χ1) is 14.7. The number of amides is 1. The van der Waals surface area contributed by atoms with Gasteiger partial charge in [0, 0.05) is 56.4 Å². The second kappa shape index (κ2) is 9.37. The lowest BCUT2D eigenvalue weighted by Crippen LogP contribution is -2.46. The number of piperazine rings is 1. The van der Waals surface area contributed by atoms with E-state index in [2.05, 4.69) is 25.1 Å². The van der Waals surface area contributed by atoms with Crippen LogP contribution < -0.4 is 15.0 Å². The molecule has 1 saturated heterocycles. The summed E-state index contributed by atoms with van der Waals surface area (Å²) in [5.74, 6) is 1.43. The highest BCUT2D eigenvalue weighted by molar-refractivity contribution is 6.04. The average Bonchev–Trinajstić information content (AvgIpc) is 2.81. The largest absolute Gasteiger partial charge is 0.497 e. The number of rotatable bonds is 6. The van der Waals surface area contributed by atoms with Crippen LogP contribution in [0.3, 0.4) is 0 Å². The van der Waals surface area contributed by atoms with E-state index in [4.69, 9.17) is 4.74 Å². The first-order valence-electron chi connectivity index (χ1n) is 10.00. The van der Waals surface area contributed by atoms with E-state index < -0.39 is 0 Å². The van der Waals surface area contributed by atoms with Crippen molar-refractivity contribution >= 4 is 17.5 Å². The molecule has 1 aliphatic rings. The van der Waals surface area contributed by atoms with Gasteiger partial charge in [0.2, 0.25) is 5.95 Å². The molecular weight excluding hydrogens is 378 g/mol. The first kappa shape index (κ1) is 19.8. The van der Waals surface area contributed by atoms with E-state index in [0.717, 1.165) is 50.1 Å². The zero-order chi connectivity index (χ0) is 20.8. The van der Waals surface area contributed by atoms with E-state index in [1.165, 1.54) is 5.56 Å². The molecule has 7 heteroatoms. The van der Waals surface area contributed by atoms with Gasteiger partial charge in [0.05, 0.1) is 7.11 Å². The van der Waals surface area contributed by atoms with Crippen LogP contribution in [0, 0.1) is 0 Å². The Morgan fingerprint density at radius 1 is 0.967 bits per heavy atom. The van der Waals surface area contributed by atoms with Crippen LogP contribution in [0.5, 0.6) is 5.75 Å². The summed E-state index contributed by atoms with van der Waals surface area (Å²) >= 11 is 0. The lowest BCUT2D eigenvalue weighted by atomic mass is 10.1. The van der Waals surface area contributed by atoms with Crippen LogP contribution in [0.2, 0.25) is 0 Å². The Morgan fingerprint density at radius 2 is 1.63 bits per heavy atom. The molecule has 0 unspecified atom stereocenters. The maximum absolute atomic E-state index is 12.5. The number of nitrogens with zero attached hydrogens (tertiary/aromatic N) is 4. The van der Waals surface area contributed by atoms with Gasteiger partial charge in [-0.15, -0.1) is 0 Å². The molecule has 0 saturated carbocycles. The standard InChI is InChI=1S/C23H25N5O2/c1-30-21-9-7-20(8-10-21)26-22(29)19-5-3-18(4-6-19)17-27-13-15-28(16-14-27)23-24-11-2-12-25-23/h2-12H,13-17H2,1H3,(H,26,29). The normalized spacial score (nSPS) is 14.4. The third kappa shape index (κ3) is 4.93. The maximum atomic E-state index is 12.5. The number of anilines is 2. The van der Waals surface area contributed by atoms with Gasteiger partial charge in [-0.05, 0) is 48.0 Å². The van der Waals surface area contributed by atoms with Crippen molar-refractivity contribution < 1.29 is 9.53 Å². The van der Waals surface area contributed by atoms with Crippen molar-refractivity contribution in [3.63, 3.8) is 0 Å². The number of methoxy groups -OCH3 is 1. The Bertz CT molecular complexity index is 953. The monoisotopic (exact) mass is 403 g/mol. The molecule has 1 aliphatic heterocycles. The average molecular weight is 403 g/mol. The number of aromatic nitrogens is 2. The quantitative estimate of drug-likeness (QED) is 0.682. The van der Waals surface area contributed by atoms with Crippen molar-refractivity contribution in [3.8, 4) is 5.75 Å². The molecule has 0 bridgehead atoms. The van der Waals surface area contributed by atoms with Crippen LogP contribution in [0.15, 0.2) is 67.0 Å². The molecule has 1 fully saturated rings. The fraction of sp³-hybridized carbons (Fsp3) is 0.261. The van der Waals surface area contributed by atoms with Gasteiger partial charge >= 0.3 is 0 Å². The lowest BCUT2D eigenvalue weighted by Gasteiger charge is -2.34. The third-order valence-electron chi connectivity index (χ3n) is 5.18. The van der Waals surface area contributed by atoms with Crippen molar-refractivity contribution in [1.82, 2.24) is 14.9 Å². The Hall–Kier alpha value is -3.45. The van der Waals surface area contributed by atoms with E-state index in [1.807, 2.05) is 54.6 Å². The van der Waals surface area contributed by atoms with Crippen LogP contribution in [0.25, 0.3) is 0 Å². The van der Waals surface area contributed by atoms with Gasteiger partial charge in [0.25, 0.3) is 5.91 Å². The fourth-order valence-corrected chi connectivity index (χ4v) is 3.46. The lowest BCUT2D eigenvalue weighted by molar-refractivity contribution is 0.102. The van der Waals surface area contributed by atoms with E-state index >= 15 is 0 Å². The molecule has 154 valence electrons. The van der Waals surface area contributed by atoms with Gasteiger partial charge in [-0.1, -0.05) is 12.1 Å². The number of nitrogens with one attached hydrogen (secondary N) is 1. The highest BCUT2D eigenvalue weighted by atomic mass is 16.5. The van der Waals surface area contributed by atoms with Crippen molar-refractivity contribution in [3.05, 3.63) is 78.1 Å². The molecule has 1 aromatic heterocycles. The van der Waals surface area contributed by atoms with E-state index in [-0.39, 0.29) is 5.91 Å².